The number of carbonyl (C=O) groups is 1. The Hall–Kier alpha value is -2.78. The lowest BCUT2D eigenvalue weighted by Crippen LogP contribution is -2.30. The number of hydrogen-bond donors (Lipinski definition) is 2. The molecule has 2 rings (SSSR count). The van der Waals surface area contributed by atoms with Crippen molar-refractivity contribution in [3.63, 3.8) is 0 Å². The lowest BCUT2D eigenvalue weighted by molar-refractivity contribution is -0.384. The Labute approximate surface area is 145 Å². The first-order valence-electron chi connectivity index (χ1n) is 7.37. The van der Waals surface area contributed by atoms with E-state index in [2.05, 4.69) is 10.0 Å². The minimum absolute atomic E-state index is 0.0922. The molecule has 1 amide bonds. The maximum atomic E-state index is 12.1. The molecule has 0 aliphatic carbocycles. The third kappa shape index (κ3) is 4.85. The summed E-state index contributed by atoms with van der Waals surface area (Å²) in [6, 6.07) is 10.6. The van der Waals surface area contributed by atoms with Crippen LogP contribution in [0.25, 0.3) is 0 Å². The van der Waals surface area contributed by atoms with Crippen LogP contribution in [0.1, 0.15) is 24.2 Å². The SMILES string of the molecule is CC(C)NS(=O)(=O)c1ccc(NC(=O)c2ccc([N+](=O)[O-])cc2)cc1. The van der Waals surface area contributed by atoms with Crippen LogP contribution in [-0.4, -0.2) is 25.3 Å². The van der Waals surface area contributed by atoms with Crippen molar-refractivity contribution < 1.29 is 18.1 Å². The Morgan fingerprint density at radius 2 is 1.60 bits per heavy atom. The molecule has 132 valence electrons. The second-order valence-corrected chi connectivity index (χ2v) is 7.27. The summed E-state index contributed by atoms with van der Waals surface area (Å²) in [5.41, 5.74) is 0.555. The number of amides is 1. The summed E-state index contributed by atoms with van der Waals surface area (Å²) in [5.74, 6) is -0.453. The first-order chi connectivity index (χ1) is 11.7. The summed E-state index contributed by atoms with van der Waals surface area (Å²) in [4.78, 5) is 22.3. The van der Waals surface area contributed by atoms with Gasteiger partial charge in [0.05, 0.1) is 9.82 Å². The number of non-ortho nitro benzene ring substituents is 1. The summed E-state index contributed by atoms with van der Waals surface area (Å²) < 4.78 is 26.5. The molecule has 0 saturated heterocycles. The monoisotopic (exact) mass is 363 g/mol. The van der Waals surface area contributed by atoms with E-state index < -0.39 is 20.9 Å². The highest BCUT2D eigenvalue weighted by atomic mass is 32.2. The van der Waals surface area contributed by atoms with E-state index in [0.29, 0.717) is 5.69 Å². The Kier molecular flexibility index (Phi) is 5.50. The van der Waals surface area contributed by atoms with Crippen LogP contribution >= 0.6 is 0 Å². The third-order valence-electron chi connectivity index (χ3n) is 3.15. The number of anilines is 1. The first-order valence-corrected chi connectivity index (χ1v) is 8.85. The van der Waals surface area contributed by atoms with Gasteiger partial charge in [0.25, 0.3) is 11.6 Å². The zero-order chi connectivity index (χ0) is 18.6. The van der Waals surface area contributed by atoms with Gasteiger partial charge >= 0.3 is 0 Å². The Morgan fingerprint density at radius 3 is 2.08 bits per heavy atom. The van der Waals surface area contributed by atoms with Gasteiger partial charge in [-0.3, -0.25) is 14.9 Å². The van der Waals surface area contributed by atoms with Gasteiger partial charge in [0.15, 0.2) is 0 Å². The third-order valence-corrected chi connectivity index (χ3v) is 4.83. The van der Waals surface area contributed by atoms with Gasteiger partial charge < -0.3 is 5.32 Å². The van der Waals surface area contributed by atoms with Crippen molar-refractivity contribution in [3.8, 4) is 0 Å². The lowest BCUT2D eigenvalue weighted by atomic mass is 10.2. The van der Waals surface area contributed by atoms with E-state index in [1.807, 2.05) is 0 Å². The molecule has 0 fully saturated rings. The van der Waals surface area contributed by atoms with Gasteiger partial charge in [-0.2, -0.15) is 0 Å². The number of rotatable bonds is 6. The van der Waals surface area contributed by atoms with Gasteiger partial charge in [-0.15, -0.1) is 0 Å². The quantitative estimate of drug-likeness (QED) is 0.604. The first kappa shape index (κ1) is 18.6. The Morgan fingerprint density at radius 1 is 1.04 bits per heavy atom. The molecule has 0 unspecified atom stereocenters. The molecule has 8 nitrogen and oxygen atoms in total. The van der Waals surface area contributed by atoms with Gasteiger partial charge in [0.2, 0.25) is 10.0 Å². The van der Waals surface area contributed by atoms with Crippen molar-refractivity contribution in [2.75, 3.05) is 5.32 Å². The zero-order valence-electron chi connectivity index (χ0n) is 13.6. The summed E-state index contributed by atoms with van der Waals surface area (Å²) in [7, 11) is -3.60. The van der Waals surface area contributed by atoms with Crippen molar-refractivity contribution in [1.29, 1.82) is 0 Å². The van der Waals surface area contributed by atoms with Crippen LogP contribution in [-0.2, 0) is 10.0 Å². The maximum Gasteiger partial charge on any atom is 0.269 e. The van der Waals surface area contributed by atoms with Crippen LogP contribution in [0.5, 0.6) is 0 Å². The number of hydrogen-bond acceptors (Lipinski definition) is 5. The topological polar surface area (TPSA) is 118 Å². The fourth-order valence-corrected chi connectivity index (χ4v) is 3.28. The second kappa shape index (κ2) is 7.41. The molecule has 2 aromatic carbocycles. The minimum atomic E-state index is -3.60. The van der Waals surface area contributed by atoms with Crippen LogP contribution in [0.2, 0.25) is 0 Å². The van der Waals surface area contributed by atoms with Crippen molar-refractivity contribution in [2.24, 2.45) is 0 Å². The average molecular weight is 363 g/mol. The molecule has 0 bridgehead atoms. The fourth-order valence-electron chi connectivity index (χ4n) is 2.03. The molecule has 0 radical (unpaired) electrons. The molecule has 2 N–H and O–H groups in total. The largest absolute Gasteiger partial charge is 0.322 e. The number of nitrogens with one attached hydrogen (secondary N) is 2. The van der Waals surface area contributed by atoms with E-state index in [4.69, 9.17) is 0 Å². The van der Waals surface area contributed by atoms with Crippen LogP contribution in [0, 0.1) is 10.1 Å². The number of nitrogens with zero attached hydrogens (tertiary/aromatic N) is 1. The molecular weight excluding hydrogens is 346 g/mol. The summed E-state index contributed by atoms with van der Waals surface area (Å²) >= 11 is 0. The van der Waals surface area contributed by atoms with E-state index in [1.54, 1.807) is 13.8 Å². The number of nitro benzene ring substituents is 1. The maximum absolute atomic E-state index is 12.1. The van der Waals surface area contributed by atoms with E-state index >= 15 is 0 Å². The summed E-state index contributed by atoms with van der Waals surface area (Å²) in [5, 5.41) is 13.2. The van der Waals surface area contributed by atoms with Crippen LogP contribution < -0.4 is 10.0 Å². The van der Waals surface area contributed by atoms with Crippen LogP contribution in [0.3, 0.4) is 0 Å². The fraction of sp³-hybridized carbons (Fsp3) is 0.188. The molecule has 0 aromatic heterocycles. The molecule has 2 aromatic rings. The summed E-state index contributed by atoms with van der Waals surface area (Å²) in [6.07, 6.45) is 0. The molecule has 0 spiro atoms. The predicted molar refractivity (Wildman–Crippen MR) is 92.9 cm³/mol. The molecule has 0 aliphatic heterocycles. The van der Waals surface area contributed by atoms with Gasteiger partial charge in [-0.1, -0.05) is 0 Å². The highest BCUT2D eigenvalue weighted by Crippen LogP contribution is 2.17. The summed E-state index contributed by atoms with van der Waals surface area (Å²) in [6.45, 7) is 3.44. The molecule has 0 heterocycles. The van der Waals surface area contributed by atoms with Crippen LogP contribution in [0.4, 0.5) is 11.4 Å². The van der Waals surface area contributed by atoms with Gasteiger partial charge in [0.1, 0.15) is 0 Å². The van der Waals surface area contributed by atoms with Gasteiger partial charge in [0, 0.05) is 29.4 Å². The van der Waals surface area contributed by atoms with Gasteiger partial charge in [-0.05, 0) is 50.2 Å². The van der Waals surface area contributed by atoms with E-state index in [0.717, 1.165) is 0 Å². The molecule has 0 atom stereocenters. The second-order valence-electron chi connectivity index (χ2n) is 5.56. The number of sulfonamides is 1. The lowest BCUT2D eigenvalue weighted by Gasteiger charge is -2.10. The van der Waals surface area contributed by atoms with Crippen molar-refractivity contribution in [2.45, 2.75) is 24.8 Å². The number of carbonyl (C=O) groups excluding carboxylic acids is 1. The highest BCUT2D eigenvalue weighted by molar-refractivity contribution is 7.89. The standard InChI is InChI=1S/C16H17N3O5S/c1-11(2)18-25(23,24)15-9-5-13(6-10-15)17-16(20)12-3-7-14(8-4-12)19(21)22/h3-11,18H,1-2H3,(H,17,20). The highest BCUT2D eigenvalue weighted by Gasteiger charge is 2.15. The van der Waals surface area contributed by atoms with Crippen molar-refractivity contribution >= 4 is 27.3 Å². The van der Waals surface area contributed by atoms with Crippen LogP contribution in [0.15, 0.2) is 53.4 Å². The minimum Gasteiger partial charge on any atom is -0.322 e. The average Bonchev–Trinajstić information content (AvgIpc) is 2.54. The Bertz CT molecular complexity index is 875. The van der Waals surface area contributed by atoms with Crippen molar-refractivity contribution in [1.82, 2.24) is 4.72 Å². The van der Waals surface area contributed by atoms with Gasteiger partial charge in [-0.25, -0.2) is 13.1 Å². The molecule has 0 aliphatic rings. The zero-order valence-corrected chi connectivity index (χ0v) is 14.4. The molecular formula is C16H17N3O5S. The number of benzene rings is 2. The van der Waals surface area contributed by atoms with E-state index in [-0.39, 0.29) is 22.2 Å². The predicted octanol–water partition coefficient (Wildman–Crippen LogP) is 2.53. The normalized spacial score (nSPS) is 11.3. The number of nitro groups is 1. The Balaban J connectivity index is 2.10. The molecule has 25 heavy (non-hydrogen) atoms. The smallest absolute Gasteiger partial charge is 0.269 e. The molecule has 9 heteroatoms. The van der Waals surface area contributed by atoms with E-state index in [9.17, 15) is 23.3 Å². The molecule has 0 saturated carbocycles. The van der Waals surface area contributed by atoms with Crippen molar-refractivity contribution in [3.05, 3.63) is 64.2 Å². The van der Waals surface area contributed by atoms with E-state index in [1.165, 1.54) is 48.5 Å².